The minimum atomic E-state index is 0.832. The second-order valence-electron chi connectivity index (χ2n) is 5.94. The average molecular weight is 224 g/mol. The van der Waals surface area contributed by atoms with E-state index in [-0.39, 0.29) is 0 Å². The van der Waals surface area contributed by atoms with Gasteiger partial charge in [-0.3, -0.25) is 0 Å². The fourth-order valence-electron chi connectivity index (χ4n) is 3.43. The van der Waals surface area contributed by atoms with Gasteiger partial charge in [-0.2, -0.15) is 0 Å². The van der Waals surface area contributed by atoms with Crippen LogP contribution in [0.25, 0.3) is 0 Å². The van der Waals surface area contributed by atoms with Crippen LogP contribution in [-0.4, -0.2) is 31.1 Å². The molecule has 16 heavy (non-hydrogen) atoms. The van der Waals surface area contributed by atoms with Gasteiger partial charge >= 0.3 is 0 Å². The third kappa shape index (κ3) is 3.21. The van der Waals surface area contributed by atoms with Crippen molar-refractivity contribution in [2.24, 2.45) is 23.5 Å². The van der Waals surface area contributed by atoms with Crippen LogP contribution in [0, 0.1) is 17.8 Å². The molecule has 0 spiro atoms. The van der Waals surface area contributed by atoms with Crippen molar-refractivity contribution in [2.75, 3.05) is 26.2 Å². The van der Waals surface area contributed by atoms with Crippen molar-refractivity contribution in [1.29, 1.82) is 0 Å². The van der Waals surface area contributed by atoms with Gasteiger partial charge < -0.3 is 10.6 Å². The molecule has 1 atom stereocenters. The van der Waals surface area contributed by atoms with Gasteiger partial charge in [0.2, 0.25) is 0 Å². The van der Waals surface area contributed by atoms with Gasteiger partial charge in [-0.25, -0.2) is 0 Å². The molecule has 2 rings (SSSR count). The van der Waals surface area contributed by atoms with Gasteiger partial charge in [0.25, 0.3) is 0 Å². The largest absolute Gasteiger partial charge is 0.330 e. The molecule has 2 N–H and O–H groups in total. The van der Waals surface area contributed by atoms with Crippen molar-refractivity contribution in [3.05, 3.63) is 0 Å². The number of rotatable bonds is 4. The zero-order chi connectivity index (χ0) is 11.4. The predicted octanol–water partition coefficient (Wildman–Crippen LogP) is 2.48. The Hall–Kier alpha value is -0.0800. The smallest absolute Gasteiger partial charge is 0.00101 e. The Labute approximate surface area is 101 Å². The summed E-state index contributed by atoms with van der Waals surface area (Å²) in [5.74, 6) is 2.79. The lowest BCUT2D eigenvalue weighted by Gasteiger charge is -2.30. The molecule has 94 valence electrons. The number of nitrogens with zero attached hydrogens (tertiary/aromatic N) is 1. The molecule has 0 bridgehead atoms. The lowest BCUT2D eigenvalue weighted by atomic mass is 9.82. The summed E-state index contributed by atoms with van der Waals surface area (Å²) in [6.45, 7) is 7.34. The average Bonchev–Trinajstić information content (AvgIpc) is 2.78. The molecule has 2 fully saturated rings. The summed E-state index contributed by atoms with van der Waals surface area (Å²) in [4.78, 5) is 2.71. The van der Waals surface area contributed by atoms with E-state index in [9.17, 15) is 0 Å². The van der Waals surface area contributed by atoms with Crippen molar-refractivity contribution >= 4 is 0 Å². The lowest BCUT2D eigenvalue weighted by molar-refractivity contribution is 0.201. The maximum Gasteiger partial charge on any atom is 0.00101 e. The first-order valence-corrected chi connectivity index (χ1v) is 7.24. The van der Waals surface area contributed by atoms with Crippen LogP contribution in [0.4, 0.5) is 0 Å². The van der Waals surface area contributed by atoms with E-state index < -0.39 is 0 Å². The summed E-state index contributed by atoms with van der Waals surface area (Å²) in [5, 5.41) is 0. The van der Waals surface area contributed by atoms with E-state index in [1.54, 1.807) is 0 Å². The molecule has 1 saturated heterocycles. The van der Waals surface area contributed by atoms with Crippen molar-refractivity contribution in [2.45, 2.75) is 45.4 Å². The number of nitrogens with two attached hydrogens (primary N) is 1. The Morgan fingerprint density at radius 1 is 1.00 bits per heavy atom. The van der Waals surface area contributed by atoms with E-state index in [1.165, 1.54) is 58.2 Å². The second-order valence-corrected chi connectivity index (χ2v) is 5.94. The molecular weight excluding hydrogens is 196 g/mol. The first-order chi connectivity index (χ1) is 7.81. The molecule has 0 aromatic rings. The Bertz CT molecular complexity index is 197. The molecule has 0 amide bonds. The molecule has 1 unspecified atom stereocenters. The molecular formula is C14H28N2. The maximum absolute atomic E-state index is 5.74. The molecule has 1 aliphatic heterocycles. The molecule has 2 nitrogen and oxygen atoms in total. The predicted molar refractivity (Wildman–Crippen MR) is 69.3 cm³/mol. The van der Waals surface area contributed by atoms with E-state index >= 15 is 0 Å². The summed E-state index contributed by atoms with van der Waals surface area (Å²) < 4.78 is 0. The van der Waals surface area contributed by atoms with Gasteiger partial charge in [0.05, 0.1) is 0 Å². The van der Waals surface area contributed by atoms with Crippen LogP contribution in [0.15, 0.2) is 0 Å². The van der Waals surface area contributed by atoms with Gasteiger partial charge in [0.15, 0.2) is 0 Å². The molecule has 2 aliphatic rings. The van der Waals surface area contributed by atoms with Crippen LogP contribution >= 0.6 is 0 Å². The van der Waals surface area contributed by atoms with Crippen LogP contribution in [0.5, 0.6) is 0 Å². The van der Waals surface area contributed by atoms with E-state index in [1.807, 2.05) is 0 Å². The van der Waals surface area contributed by atoms with Crippen LogP contribution in [0.2, 0.25) is 0 Å². The van der Waals surface area contributed by atoms with Crippen molar-refractivity contribution in [1.82, 2.24) is 4.90 Å². The number of hydrogen-bond donors (Lipinski definition) is 1. The topological polar surface area (TPSA) is 29.3 Å². The summed E-state index contributed by atoms with van der Waals surface area (Å²) in [5.41, 5.74) is 5.74. The van der Waals surface area contributed by atoms with E-state index in [0.717, 1.165) is 24.3 Å². The first kappa shape index (κ1) is 12.4. The third-order valence-corrected chi connectivity index (χ3v) is 4.76. The standard InChI is InChI=1S/C14H28N2/c1-2-12-7-8-16(10-12)11-14-5-3-13(9-15)4-6-14/h12-14H,2-11,15H2,1H3. The van der Waals surface area contributed by atoms with Crippen LogP contribution in [0.3, 0.4) is 0 Å². The van der Waals surface area contributed by atoms with Crippen LogP contribution < -0.4 is 5.73 Å². The van der Waals surface area contributed by atoms with E-state index in [0.29, 0.717) is 0 Å². The molecule has 0 radical (unpaired) electrons. The number of likely N-dealkylation sites (tertiary alicyclic amines) is 1. The normalized spacial score (nSPS) is 36.8. The van der Waals surface area contributed by atoms with Crippen LogP contribution in [-0.2, 0) is 0 Å². The highest BCUT2D eigenvalue weighted by Crippen LogP contribution is 2.30. The molecule has 1 saturated carbocycles. The van der Waals surface area contributed by atoms with Crippen LogP contribution in [0.1, 0.15) is 45.4 Å². The summed E-state index contributed by atoms with van der Waals surface area (Å²) in [7, 11) is 0. The van der Waals surface area contributed by atoms with Gasteiger partial charge in [-0.05, 0) is 62.9 Å². The quantitative estimate of drug-likeness (QED) is 0.795. The second kappa shape index (κ2) is 6.02. The maximum atomic E-state index is 5.74. The SMILES string of the molecule is CCC1CCN(CC2CCC(CN)CC2)C1. The monoisotopic (exact) mass is 224 g/mol. The summed E-state index contributed by atoms with van der Waals surface area (Å²) in [6, 6.07) is 0. The lowest BCUT2D eigenvalue weighted by Crippen LogP contribution is -2.31. The minimum absolute atomic E-state index is 0.832. The highest BCUT2D eigenvalue weighted by molar-refractivity contribution is 4.80. The van der Waals surface area contributed by atoms with Gasteiger partial charge in [0.1, 0.15) is 0 Å². The minimum Gasteiger partial charge on any atom is -0.330 e. The van der Waals surface area contributed by atoms with Crippen molar-refractivity contribution < 1.29 is 0 Å². The Morgan fingerprint density at radius 3 is 2.25 bits per heavy atom. The Morgan fingerprint density at radius 2 is 1.69 bits per heavy atom. The van der Waals surface area contributed by atoms with E-state index in [4.69, 9.17) is 5.73 Å². The summed E-state index contributed by atoms with van der Waals surface area (Å²) >= 11 is 0. The molecule has 0 aromatic heterocycles. The first-order valence-electron chi connectivity index (χ1n) is 7.24. The highest BCUT2D eigenvalue weighted by atomic mass is 15.1. The summed E-state index contributed by atoms with van der Waals surface area (Å²) in [6.07, 6.45) is 8.42. The fourth-order valence-corrected chi connectivity index (χ4v) is 3.43. The molecule has 1 heterocycles. The Kier molecular flexibility index (Phi) is 4.66. The third-order valence-electron chi connectivity index (χ3n) is 4.76. The highest BCUT2D eigenvalue weighted by Gasteiger charge is 2.26. The number of hydrogen-bond acceptors (Lipinski definition) is 2. The van der Waals surface area contributed by atoms with Crippen molar-refractivity contribution in [3.63, 3.8) is 0 Å². The Balaban J connectivity index is 1.67. The van der Waals surface area contributed by atoms with E-state index in [2.05, 4.69) is 11.8 Å². The van der Waals surface area contributed by atoms with Gasteiger partial charge in [-0.15, -0.1) is 0 Å². The zero-order valence-corrected chi connectivity index (χ0v) is 10.8. The molecule has 1 aliphatic carbocycles. The fraction of sp³-hybridized carbons (Fsp3) is 1.00. The zero-order valence-electron chi connectivity index (χ0n) is 10.8. The van der Waals surface area contributed by atoms with Gasteiger partial charge in [0, 0.05) is 13.1 Å². The van der Waals surface area contributed by atoms with Crippen molar-refractivity contribution in [3.8, 4) is 0 Å². The molecule has 0 aromatic carbocycles. The molecule has 2 heteroatoms. The van der Waals surface area contributed by atoms with Gasteiger partial charge in [-0.1, -0.05) is 13.3 Å².